The smallest absolute Gasteiger partial charge is 0.338 e. The minimum Gasteiger partial charge on any atom is -0.507 e. The molecule has 0 unspecified atom stereocenters. The molecular weight excluding hydrogens is 548 g/mol. The molecule has 1 aliphatic rings. The van der Waals surface area contributed by atoms with Crippen LogP contribution in [0, 0.1) is 0 Å². The highest BCUT2D eigenvalue weighted by atomic mass is 16.5. The van der Waals surface area contributed by atoms with Gasteiger partial charge in [0.15, 0.2) is 18.9 Å². The zero-order valence-corrected chi connectivity index (χ0v) is 23.9. The lowest BCUT2D eigenvalue weighted by Gasteiger charge is -2.24. The topological polar surface area (TPSA) is 72.5 Å². The lowest BCUT2D eigenvalue weighted by atomic mass is 9.88. The van der Waals surface area contributed by atoms with E-state index in [4.69, 9.17) is 9.47 Å². The Labute approximate surface area is 254 Å². The predicted molar refractivity (Wildman–Crippen MR) is 170 cm³/mol. The molecule has 0 spiro atoms. The molecule has 0 radical (unpaired) electrons. The van der Waals surface area contributed by atoms with Gasteiger partial charge in [-0.3, -0.25) is 4.98 Å². The molecule has 0 fully saturated rings. The van der Waals surface area contributed by atoms with Gasteiger partial charge in [0.2, 0.25) is 0 Å². The molecule has 2 aromatic heterocycles. The molecule has 0 atom stereocenters. The van der Waals surface area contributed by atoms with Crippen LogP contribution in [-0.2, 0) is 11.3 Å². The summed E-state index contributed by atoms with van der Waals surface area (Å²) in [6.45, 7) is 5.07. The van der Waals surface area contributed by atoms with Gasteiger partial charge in [0.05, 0.1) is 17.6 Å². The number of phenols is 1. The standard InChI is InChI=1S/C38H28N2O4/c1-25-10-12-31-34(24-25)44-37-32(13-11-28-6-4-9-33(41)35(28)37)36(31)29-7-2-3-8-30(29)38(42)43-23-5-20-40-21-16-27(17-22-40)26-14-18-39-19-15-26/h2-4,6-19,21-22,24H,1,5,20,23H2/p+1. The lowest BCUT2D eigenvalue weighted by Crippen LogP contribution is -2.33. The molecule has 1 N–H and O–H groups in total. The number of aromatic hydroxyl groups is 1. The number of carbonyl (C=O) groups is 1. The Hall–Kier alpha value is -5.75. The molecule has 3 heterocycles. The monoisotopic (exact) mass is 577 g/mol. The summed E-state index contributed by atoms with van der Waals surface area (Å²) in [5.74, 6) is 0.901. The van der Waals surface area contributed by atoms with E-state index in [1.807, 2.05) is 79.1 Å². The van der Waals surface area contributed by atoms with Crippen molar-refractivity contribution in [3.8, 4) is 28.4 Å². The SMILES string of the molecule is C=c1ccc2c(c1)Oc1c(ccc3cccc(O)c13)C=2c1ccccc1C(=O)OCCC[n+]1ccc(-c2ccncc2)cc1. The maximum atomic E-state index is 13.5. The first-order valence-electron chi connectivity index (χ1n) is 14.5. The third-order valence-corrected chi connectivity index (χ3v) is 7.89. The Morgan fingerprint density at radius 3 is 2.50 bits per heavy atom. The van der Waals surface area contributed by atoms with E-state index in [1.165, 1.54) is 0 Å². The Kier molecular flexibility index (Phi) is 7.08. The summed E-state index contributed by atoms with van der Waals surface area (Å²) in [5, 5.41) is 13.9. The minimum absolute atomic E-state index is 0.130. The van der Waals surface area contributed by atoms with Crippen molar-refractivity contribution in [2.45, 2.75) is 13.0 Å². The summed E-state index contributed by atoms with van der Waals surface area (Å²) in [5.41, 5.74) is 5.06. The van der Waals surface area contributed by atoms with E-state index >= 15 is 0 Å². The van der Waals surface area contributed by atoms with Gasteiger partial charge < -0.3 is 14.6 Å². The molecule has 214 valence electrons. The fourth-order valence-electron chi connectivity index (χ4n) is 5.75. The van der Waals surface area contributed by atoms with Crippen LogP contribution in [0.5, 0.6) is 17.2 Å². The second-order valence-corrected chi connectivity index (χ2v) is 10.7. The summed E-state index contributed by atoms with van der Waals surface area (Å²) in [7, 11) is 0. The third kappa shape index (κ3) is 5.07. The van der Waals surface area contributed by atoms with Crippen LogP contribution in [0.4, 0.5) is 0 Å². The zero-order chi connectivity index (χ0) is 30.0. The zero-order valence-electron chi connectivity index (χ0n) is 23.9. The number of carbonyl (C=O) groups excluding carboxylic acids is 1. The molecule has 7 rings (SSSR count). The van der Waals surface area contributed by atoms with Gasteiger partial charge in [-0.1, -0.05) is 55.1 Å². The molecule has 6 nitrogen and oxygen atoms in total. The fraction of sp³-hybridized carbons (Fsp3) is 0.0789. The number of esters is 1. The van der Waals surface area contributed by atoms with Gasteiger partial charge in [0.25, 0.3) is 0 Å². The number of fused-ring (bicyclic) bond motifs is 4. The molecule has 0 bridgehead atoms. The van der Waals surface area contributed by atoms with Crippen molar-refractivity contribution in [3.63, 3.8) is 0 Å². The van der Waals surface area contributed by atoms with Crippen LogP contribution in [0.15, 0.2) is 122 Å². The Morgan fingerprint density at radius 2 is 1.66 bits per heavy atom. The molecule has 44 heavy (non-hydrogen) atoms. The van der Waals surface area contributed by atoms with Crippen molar-refractivity contribution in [1.82, 2.24) is 4.98 Å². The van der Waals surface area contributed by atoms with Crippen LogP contribution in [0.3, 0.4) is 0 Å². The van der Waals surface area contributed by atoms with E-state index in [-0.39, 0.29) is 12.4 Å². The fourth-order valence-corrected chi connectivity index (χ4v) is 5.75. The van der Waals surface area contributed by atoms with Gasteiger partial charge in [-0.2, -0.15) is 0 Å². The molecular formula is C38H29N2O4+. The van der Waals surface area contributed by atoms with Gasteiger partial charge in [-0.15, -0.1) is 0 Å². The predicted octanol–water partition coefficient (Wildman–Crippen LogP) is 5.91. The lowest BCUT2D eigenvalue weighted by molar-refractivity contribution is -0.697. The summed E-state index contributed by atoms with van der Waals surface area (Å²) >= 11 is 0. The Balaban J connectivity index is 1.17. The maximum absolute atomic E-state index is 13.5. The summed E-state index contributed by atoms with van der Waals surface area (Å²) in [4.78, 5) is 17.6. The number of ether oxygens (including phenoxy) is 2. The van der Waals surface area contributed by atoms with E-state index in [9.17, 15) is 9.90 Å². The molecule has 0 amide bonds. The van der Waals surface area contributed by atoms with Gasteiger partial charge in [-0.05, 0) is 63.7 Å². The van der Waals surface area contributed by atoms with Gasteiger partial charge in [-0.25, -0.2) is 9.36 Å². The molecule has 0 aliphatic carbocycles. The highest BCUT2D eigenvalue weighted by molar-refractivity contribution is 6.04. The highest BCUT2D eigenvalue weighted by Crippen LogP contribution is 2.44. The van der Waals surface area contributed by atoms with Crippen LogP contribution in [0.1, 0.15) is 27.9 Å². The largest absolute Gasteiger partial charge is 0.507 e. The molecule has 0 saturated carbocycles. The number of hydrogen-bond acceptors (Lipinski definition) is 5. The third-order valence-electron chi connectivity index (χ3n) is 7.89. The molecule has 4 aromatic carbocycles. The molecule has 1 aliphatic heterocycles. The van der Waals surface area contributed by atoms with Crippen molar-refractivity contribution >= 4 is 28.9 Å². The highest BCUT2D eigenvalue weighted by Gasteiger charge is 2.26. The van der Waals surface area contributed by atoms with Crippen molar-refractivity contribution in [2.24, 2.45) is 0 Å². The van der Waals surface area contributed by atoms with Crippen LogP contribution >= 0.6 is 0 Å². The second kappa shape index (κ2) is 11.5. The van der Waals surface area contributed by atoms with Gasteiger partial charge in [0.1, 0.15) is 17.2 Å². The number of nitrogens with zero attached hydrogens (tertiary/aromatic N) is 2. The number of pyridine rings is 2. The van der Waals surface area contributed by atoms with Crippen molar-refractivity contribution in [2.75, 3.05) is 6.61 Å². The van der Waals surface area contributed by atoms with E-state index in [0.29, 0.717) is 35.4 Å². The van der Waals surface area contributed by atoms with Gasteiger partial charge >= 0.3 is 5.97 Å². The van der Waals surface area contributed by atoms with E-state index in [2.05, 4.69) is 28.3 Å². The number of phenolic OH excluding ortho intramolecular Hbond substituents is 1. The summed E-state index contributed by atoms with van der Waals surface area (Å²) in [6, 6.07) is 30.7. The first kappa shape index (κ1) is 27.1. The number of aromatic nitrogens is 2. The first-order valence-corrected chi connectivity index (χ1v) is 14.5. The number of hydrogen-bond donors (Lipinski definition) is 1. The van der Waals surface area contributed by atoms with Crippen molar-refractivity contribution in [3.05, 3.63) is 149 Å². The maximum Gasteiger partial charge on any atom is 0.338 e. The van der Waals surface area contributed by atoms with E-state index < -0.39 is 5.97 Å². The Morgan fingerprint density at radius 1 is 0.864 bits per heavy atom. The van der Waals surface area contributed by atoms with Crippen LogP contribution in [0.2, 0.25) is 0 Å². The van der Waals surface area contributed by atoms with E-state index in [0.717, 1.165) is 43.7 Å². The first-order chi connectivity index (χ1) is 21.6. The number of rotatable bonds is 7. The number of aryl methyl sites for hydroxylation is 1. The average Bonchev–Trinajstić information content (AvgIpc) is 3.06. The molecule has 6 aromatic rings. The average molecular weight is 578 g/mol. The van der Waals surface area contributed by atoms with Crippen LogP contribution in [0.25, 0.3) is 34.1 Å². The Bertz CT molecular complexity index is 2140. The normalized spacial score (nSPS) is 11.9. The summed E-state index contributed by atoms with van der Waals surface area (Å²) in [6.07, 6.45) is 8.30. The minimum atomic E-state index is -0.391. The van der Waals surface area contributed by atoms with Crippen LogP contribution in [-0.4, -0.2) is 22.7 Å². The number of benzene rings is 4. The second-order valence-electron chi connectivity index (χ2n) is 10.7. The molecule has 6 heteroatoms. The van der Waals surface area contributed by atoms with Crippen molar-refractivity contribution < 1.29 is 23.9 Å². The molecule has 0 saturated heterocycles. The van der Waals surface area contributed by atoms with Crippen molar-refractivity contribution in [1.29, 1.82) is 0 Å². The van der Waals surface area contributed by atoms with Crippen LogP contribution < -0.4 is 19.7 Å². The van der Waals surface area contributed by atoms with E-state index in [1.54, 1.807) is 30.6 Å². The van der Waals surface area contributed by atoms with Gasteiger partial charge in [0, 0.05) is 47.3 Å². The quantitative estimate of drug-likeness (QED) is 0.145. The summed E-state index contributed by atoms with van der Waals surface area (Å²) < 4.78 is 14.3.